The van der Waals surface area contributed by atoms with Crippen molar-refractivity contribution in [3.05, 3.63) is 162 Å². The van der Waals surface area contributed by atoms with Crippen molar-refractivity contribution in [1.29, 1.82) is 0 Å². The van der Waals surface area contributed by atoms with Crippen LogP contribution in [-0.2, 0) is 54.5 Å². The fraction of sp³-hybridized carbons (Fsp3) is 0.217. The number of carbonyl (C=O) groups excluding carboxylic acids is 5. The van der Waals surface area contributed by atoms with Crippen LogP contribution in [0.4, 0.5) is 10.1 Å². The Hall–Kier alpha value is -7.23. The number of aliphatic carboxylic acids is 1. The maximum atomic E-state index is 14.4. The van der Waals surface area contributed by atoms with Crippen molar-refractivity contribution in [1.82, 2.24) is 21.3 Å². The van der Waals surface area contributed by atoms with E-state index in [0.29, 0.717) is 22.3 Å². The van der Waals surface area contributed by atoms with Gasteiger partial charge in [-0.2, -0.15) is 0 Å². The molecule has 0 unspecified atom stereocenters. The Bertz CT molecular complexity index is 2330. The van der Waals surface area contributed by atoms with E-state index in [2.05, 4.69) is 26.6 Å². The number of rotatable bonds is 8. The average Bonchev–Trinajstić information content (AvgIpc) is 3.26. The Labute approximate surface area is 350 Å². The number of carboxylic acids is 1. The van der Waals surface area contributed by atoms with Gasteiger partial charge in [0, 0.05) is 31.4 Å². The molecule has 2 aliphatic heterocycles. The third kappa shape index (κ3) is 11.9. The zero-order valence-electron chi connectivity index (χ0n) is 32.7. The monoisotopic (exact) mass is 829 g/mol. The van der Waals surface area contributed by atoms with Gasteiger partial charge in [0.15, 0.2) is 12.2 Å². The molecule has 5 aromatic carbocycles. The third-order valence-electron chi connectivity index (χ3n) is 10.1. The maximum Gasteiger partial charge on any atom is 0.326 e. The minimum Gasteiger partial charge on any atom is -0.480 e. The molecule has 0 aliphatic carbocycles. The lowest BCUT2D eigenvalue weighted by Gasteiger charge is -2.27. The summed E-state index contributed by atoms with van der Waals surface area (Å²) in [5, 5.41) is 44.3. The number of anilines is 1. The van der Waals surface area contributed by atoms with Crippen LogP contribution in [0.1, 0.15) is 22.3 Å². The van der Waals surface area contributed by atoms with Gasteiger partial charge in [-0.1, -0.05) is 109 Å². The number of halogens is 1. The molecule has 2 aliphatic rings. The van der Waals surface area contributed by atoms with Crippen LogP contribution in [0.2, 0.25) is 0 Å². The van der Waals surface area contributed by atoms with E-state index in [9.17, 15) is 48.5 Å². The maximum absolute atomic E-state index is 14.4. The van der Waals surface area contributed by atoms with Crippen LogP contribution in [0.3, 0.4) is 0 Å². The predicted molar refractivity (Wildman–Crippen MR) is 222 cm³/mol. The number of hydrogen-bond donors (Lipinski definition) is 8. The number of amides is 5. The SMILES string of the molecule is O=C(O)[C@@H]1Cc2ccc(cc2)NC(=O)[C@H](O)[C@@H](O)C(=O)N[C@H](Cc2ccc(F)cc2)C(=O)N[C@@H](Cc2ccc(-c3ccccc3)cc2)C(=O)N[C@H](Cc2ccccc2)C(=O)N1. The van der Waals surface area contributed by atoms with Gasteiger partial charge in [0.2, 0.25) is 17.7 Å². The zero-order valence-corrected chi connectivity index (χ0v) is 32.7. The summed E-state index contributed by atoms with van der Waals surface area (Å²) in [6.45, 7) is 0. The van der Waals surface area contributed by atoms with Crippen LogP contribution in [0.5, 0.6) is 0 Å². The number of nitrogens with one attached hydrogen (secondary N) is 5. The molecule has 0 spiro atoms. The van der Waals surface area contributed by atoms with Crippen molar-refractivity contribution in [2.24, 2.45) is 0 Å². The lowest BCUT2D eigenvalue weighted by atomic mass is 9.98. The van der Waals surface area contributed by atoms with E-state index in [0.717, 1.165) is 23.3 Å². The Balaban J connectivity index is 1.38. The Kier molecular flexibility index (Phi) is 14.3. The number of aliphatic hydroxyl groups is 2. The Morgan fingerprint density at radius 3 is 1.46 bits per heavy atom. The van der Waals surface area contributed by atoms with Crippen LogP contribution >= 0.6 is 0 Å². The summed E-state index contributed by atoms with van der Waals surface area (Å²) in [6, 6.07) is 30.4. The normalized spacial score (nSPS) is 21.8. The molecular weight excluding hydrogens is 786 g/mol. The minimum atomic E-state index is -2.37. The van der Waals surface area contributed by atoms with Crippen molar-refractivity contribution in [2.45, 2.75) is 62.1 Å². The first-order chi connectivity index (χ1) is 29.3. The van der Waals surface area contributed by atoms with Gasteiger partial charge < -0.3 is 41.9 Å². The molecule has 14 nitrogen and oxygen atoms in total. The third-order valence-corrected chi connectivity index (χ3v) is 10.1. The highest BCUT2D eigenvalue weighted by molar-refractivity contribution is 6.00. The van der Waals surface area contributed by atoms with Gasteiger partial charge in [-0.3, -0.25) is 24.0 Å². The molecule has 5 amide bonds. The lowest BCUT2D eigenvalue weighted by molar-refractivity contribution is -0.145. The van der Waals surface area contributed by atoms with Crippen LogP contribution in [0, 0.1) is 5.82 Å². The van der Waals surface area contributed by atoms with Crippen LogP contribution in [0.15, 0.2) is 133 Å². The summed E-state index contributed by atoms with van der Waals surface area (Å²) >= 11 is 0. The first kappa shape index (κ1) is 43.4. The van der Waals surface area contributed by atoms with Crippen molar-refractivity contribution >= 4 is 41.2 Å². The molecule has 8 N–H and O–H groups in total. The van der Waals surface area contributed by atoms with Crippen molar-refractivity contribution in [3.63, 3.8) is 0 Å². The highest BCUT2D eigenvalue weighted by atomic mass is 19.1. The van der Waals surface area contributed by atoms with E-state index < -0.39 is 77.7 Å². The average molecular weight is 830 g/mol. The number of carbonyl (C=O) groups is 6. The van der Waals surface area contributed by atoms with E-state index in [4.69, 9.17) is 0 Å². The lowest BCUT2D eigenvalue weighted by Crippen LogP contribution is -2.60. The summed E-state index contributed by atoms with van der Waals surface area (Å²) in [6.07, 6.45) is -5.35. The zero-order chi connectivity index (χ0) is 43.5. The van der Waals surface area contributed by atoms with E-state index in [1.807, 2.05) is 42.5 Å². The van der Waals surface area contributed by atoms with Gasteiger partial charge in [0.05, 0.1) is 0 Å². The molecule has 0 saturated heterocycles. The summed E-state index contributed by atoms with van der Waals surface area (Å²) in [7, 11) is 0. The van der Waals surface area contributed by atoms with E-state index in [1.54, 1.807) is 42.5 Å². The topological polar surface area (TPSA) is 223 Å². The first-order valence-corrected chi connectivity index (χ1v) is 19.5. The fourth-order valence-corrected chi connectivity index (χ4v) is 6.77. The molecule has 61 heavy (non-hydrogen) atoms. The summed E-state index contributed by atoms with van der Waals surface area (Å²) in [5.41, 5.74) is 3.98. The highest BCUT2D eigenvalue weighted by Crippen LogP contribution is 2.20. The van der Waals surface area contributed by atoms with Gasteiger partial charge in [0.1, 0.15) is 30.0 Å². The molecule has 0 radical (unpaired) electrons. The molecule has 0 fully saturated rings. The second-order valence-corrected chi connectivity index (χ2v) is 14.7. The minimum absolute atomic E-state index is 0.0605. The van der Waals surface area contributed by atoms with Gasteiger partial charge in [-0.15, -0.1) is 0 Å². The van der Waals surface area contributed by atoms with Crippen molar-refractivity contribution in [2.75, 3.05) is 5.32 Å². The second-order valence-electron chi connectivity index (χ2n) is 14.7. The number of fused-ring (bicyclic) bond motifs is 18. The molecule has 2 heterocycles. The number of aliphatic hydroxyl groups excluding tert-OH is 2. The Morgan fingerprint density at radius 2 is 0.934 bits per heavy atom. The fourth-order valence-electron chi connectivity index (χ4n) is 6.77. The summed E-state index contributed by atoms with van der Waals surface area (Å²) in [5.74, 6) is -6.99. The standard InChI is InChI=1S/C46H44FN5O9/c47-33-19-13-29(14-20-33)25-37-42(56)50-36(24-28-11-17-32(18-12-28)31-9-5-2-6-10-31)41(55)49-35(23-27-7-3-1-4-8-27)43(57)52-38(46(60)61)26-30-15-21-34(22-16-30)48-44(58)39(53)40(54)45(59)51-37/h1-22,35-40,53-54H,23-26H2,(H,48,58)(H,49,55)(H,50,56)(H,51,59)(H,52,57)(H,60,61)/t35-,36+,37-,38+,39-,40-/m1/s1. The van der Waals surface area contributed by atoms with Gasteiger partial charge in [0.25, 0.3) is 11.8 Å². The molecule has 5 aromatic rings. The number of carboxylic acid groups (broad SMARTS) is 1. The Morgan fingerprint density at radius 1 is 0.508 bits per heavy atom. The number of benzene rings is 5. The van der Waals surface area contributed by atoms with Crippen molar-refractivity contribution < 1.29 is 48.5 Å². The smallest absolute Gasteiger partial charge is 0.326 e. The molecule has 6 atom stereocenters. The van der Waals surface area contributed by atoms with Gasteiger partial charge >= 0.3 is 5.97 Å². The van der Waals surface area contributed by atoms with E-state index in [1.165, 1.54) is 36.4 Å². The quantitative estimate of drug-likeness (QED) is 0.108. The molecular formula is C46H44FN5O9. The molecule has 15 heteroatoms. The van der Waals surface area contributed by atoms with Crippen LogP contribution < -0.4 is 26.6 Å². The molecule has 2 bridgehead atoms. The van der Waals surface area contributed by atoms with Gasteiger partial charge in [-0.25, -0.2) is 9.18 Å². The second kappa shape index (κ2) is 20.2. The first-order valence-electron chi connectivity index (χ1n) is 19.5. The molecule has 0 saturated carbocycles. The molecule has 314 valence electrons. The number of hydrogen-bond acceptors (Lipinski definition) is 8. The molecule has 0 aromatic heterocycles. The largest absolute Gasteiger partial charge is 0.480 e. The van der Waals surface area contributed by atoms with E-state index >= 15 is 0 Å². The summed E-state index contributed by atoms with van der Waals surface area (Å²) < 4.78 is 13.9. The summed E-state index contributed by atoms with van der Waals surface area (Å²) in [4.78, 5) is 81.6. The van der Waals surface area contributed by atoms with E-state index in [-0.39, 0.29) is 31.4 Å². The highest BCUT2D eigenvalue weighted by Gasteiger charge is 2.35. The van der Waals surface area contributed by atoms with Crippen molar-refractivity contribution in [3.8, 4) is 11.1 Å². The van der Waals surface area contributed by atoms with Gasteiger partial charge in [-0.05, 0) is 57.6 Å². The van der Waals surface area contributed by atoms with Crippen LogP contribution in [-0.4, -0.2) is 87.2 Å². The van der Waals surface area contributed by atoms with Crippen LogP contribution in [0.25, 0.3) is 11.1 Å². The predicted octanol–water partition coefficient (Wildman–Crippen LogP) is 2.46. The molecule has 7 rings (SSSR count).